The summed E-state index contributed by atoms with van der Waals surface area (Å²) < 4.78 is 2.57. The summed E-state index contributed by atoms with van der Waals surface area (Å²) >= 11 is 7.44. The zero-order chi connectivity index (χ0) is 8.39. The normalized spacial score (nSPS) is 10.3. The summed E-state index contributed by atoms with van der Waals surface area (Å²) in [6.45, 7) is 0. The van der Waals surface area contributed by atoms with E-state index in [2.05, 4.69) is 25.6 Å². The van der Waals surface area contributed by atoms with Crippen molar-refractivity contribution in [2.45, 2.75) is 4.34 Å². The quantitative estimate of drug-likeness (QED) is 0.750. The minimum absolute atomic E-state index is 0.354. The average molecular weight is 218 g/mol. The summed E-state index contributed by atoms with van der Waals surface area (Å²) in [6.07, 6.45) is 0. The number of hydrogen-bond donors (Lipinski definition) is 1. The Hall–Kier alpha value is -0.800. The molecule has 2 aromatic rings. The van der Waals surface area contributed by atoms with E-state index in [1.807, 2.05) is 0 Å². The molecule has 6 nitrogen and oxygen atoms in total. The van der Waals surface area contributed by atoms with Crippen LogP contribution in [0.1, 0.15) is 0 Å². The molecule has 0 aliphatic rings. The Morgan fingerprint density at radius 1 is 1.58 bits per heavy atom. The summed E-state index contributed by atoms with van der Waals surface area (Å²) in [7, 11) is 0. The molecule has 0 aromatic carbocycles. The number of tetrazole rings is 1. The summed E-state index contributed by atoms with van der Waals surface area (Å²) in [5.74, 6) is 0. The van der Waals surface area contributed by atoms with E-state index < -0.39 is 0 Å². The Morgan fingerprint density at radius 3 is 3.08 bits per heavy atom. The van der Waals surface area contributed by atoms with Gasteiger partial charge in [-0.25, -0.2) is 5.10 Å². The number of hydrogen-bond acceptors (Lipinski definition) is 7. The van der Waals surface area contributed by atoms with Crippen LogP contribution in [-0.4, -0.2) is 29.8 Å². The molecular weight excluding hydrogens is 216 g/mol. The Balaban J connectivity index is 2.19. The van der Waals surface area contributed by atoms with Crippen molar-refractivity contribution in [3.05, 3.63) is 10.3 Å². The lowest BCUT2D eigenvalue weighted by atomic mass is 11.4. The number of rotatable bonds is 2. The highest BCUT2D eigenvalue weighted by atomic mass is 32.2. The third-order valence-corrected chi connectivity index (χ3v) is 2.66. The summed E-state index contributed by atoms with van der Waals surface area (Å²) in [5.41, 5.74) is 1.65. The van der Waals surface area contributed by atoms with Crippen molar-refractivity contribution in [2.75, 3.05) is 0 Å². The number of H-pyrrole nitrogens is 1. The molecule has 9 heteroatoms. The maximum Gasteiger partial charge on any atom is 0.236 e. The van der Waals surface area contributed by atoms with Crippen LogP contribution in [0.15, 0.2) is 9.85 Å². The molecule has 0 unspecified atom stereocenters. The first kappa shape index (κ1) is 7.83. The Morgan fingerprint density at radius 2 is 2.50 bits per heavy atom. The molecule has 12 heavy (non-hydrogen) atoms. The first-order chi connectivity index (χ1) is 5.84. The molecule has 0 atom stereocenters. The standard InChI is InChI=1S/C3H2N6S3/c10-2-5-8-9(7-2)12-3-6-4-1-11-3/h1H,(H,7,10). The van der Waals surface area contributed by atoms with Gasteiger partial charge in [0, 0.05) is 0 Å². The van der Waals surface area contributed by atoms with Crippen molar-refractivity contribution < 1.29 is 0 Å². The van der Waals surface area contributed by atoms with Crippen LogP contribution in [0.25, 0.3) is 0 Å². The fourth-order valence-corrected chi connectivity index (χ4v) is 1.93. The summed E-state index contributed by atoms with van der Waals surface area (Å²) in [4.78, 5) is 0. The fourth-order valence-electron chi connectivity index (χ4n) is 0.526. The van der Waals surface area contributed by atoms with Crippen LogP contribution in [0.4, 0.5) is 0 Å². The predicted molar refractivity (Wildman–Crippen MR) is 46.4 cm³/mol. The van der Waals surface area contributed by atoms with Crippen molar-refractivity contribution >= 4 is 35.5 Å². The minimum Gasteiger partial charge on any atom is -0.242 e. The first-order valence-corrected chi connectivity index (χ1v) is 4.87. The number of aromatic amines is 1. The number of nitrogens with zero attached hydrogens (tertiary/aromatic N) is 5. The molecule has 2 aromatic heterocycles. The van der Waals surface area contributed by atoms with Crippen molar-refractivity contribution in [2.24, 2.45) is 0 Å². The molecule has 62 valence electrons. The van der Waals surface area contributed by atoms with Gasteiger partial charge in [0.2, 0.25) is 4.77 Å². The predicted octanol–water partition coefficient (Wildman–Crippen LogP) is 0.743. The van der Waals surface area contributed by atoms with Crippen LogP contribution in [0.3, 0.4) is 0 Å². The van der Waals surface area contributed by atoms with E-state index >= 15 is 0 Å². The van der Waals surface area contributed by atoms with Gasteiger partial charge < -0.3 is 0 Å². The van der Waals surface area contributed by atoms with Gasteiger partial charge in [-0.2, -0.15) is 0 Å². The third kappa shape index (κ3) is 1.68. The molecule has 2 rings (SSSR count). The zero-order valence-corrected chi connectivity index (χ0v) is 7.99. The minimum atomic E-state index is 0.354. The van der Waals surface area contributed by atoms with Gasteiger partial charge in [0.1, 0.15) is 5.51 Å². The van der Waals surface area contributed by atoms with E-state index in [-0.39, 0.29) is 0 Å². The second-order valence-corrected chi connectivity index (χ2v) is 4.07. The van der Waals surface area contributed by atoms with Crippen LogP contribution in [0.5, 0.6) is 0 Å². The van der Waals surface area contributed by atoms with Crippen molar-refractivity contribution in [3.63, 3.8) is 0 Å². The Kier molecular flexibility index (Phi) is 2.15. The monoisotopic (exact) mass is 218 g/mol. The fraction of sp³-hybridized carbons (Fsp3) is 0. The highest BCUT2D eigenvalue weighted by molar-refractivity contribution is 7.99. The highest BCUT2D eigenvalue weighted by Gasteiger charge is 2.00. The molecule has 0 saturated carbocycles. The Bertz CT molecular complexity index is 400. The van der Waals surface area contributed by atoms with E-state index in [0.717, 1.165) is 4.34 Å². The van der Waals surface area contributed by atoms with Gasteiger partial charge in [0.15, 0.2) is 4.34 Å². The van der Waals surface area contributed by atoms with E-state index in [0.29, 0.717) is 4.77 Å². The van der Waals surface area contributed by atoms with Crippen molar-refractivity contribution in [1.29, 1.82) is 0 Å². The van der Waals surface area contributed by atoms with Gasteiger partial charge in [-0.3, -0.25) is 0 Å². The molecule has 0 spiro atoms. The number of nitrogens with one attached hydrogen (secondary N) is 1. The molecule has 0 aliphatic heterocycles. The van der Waals surface area contributed by atoms with Crippen molar-refractivity contribution in [1.82, 2.24) is 29.8 Å². The molecule has 0 saturated heterocycles. The largest absolute Gasteiger partial charge is 0.242 e. The van der Waals surface area contributed by atoms with Gasteiger partial charge in [-0.1, -0.05) is 16.4 Å². The molecule has 2 heterocycles. The molecule has 0 fully saturated rings. The van der Waals surface area contributed by atoms with Crippen LogP contribution < -0.4 is 0 Å². The van der Waals surface area contributed by atoms with Crippen LogP contribution in [0, 0.1) is 4.77 Å². The maximum absolute atomic E-state index is 4.73. The SMILES string of the molecule is S=c1nnn(Sc2nncs2)[nH]1. The van der Waals surface area contributed by atoms with Crippen LogP contribution in [-0.2, 0) is 0 Å². The summed E-state index contributed by atoms with van der Waals surface area (Å²) in [5, 5.41) is 17.5. The zero-order valence-electron chi connectivity index (χ0n) is 5.54. The Labute approximate surface area is 80.1 Å². The smallest absolute Gasteiger partial charge is 0.236 e. The maximum atomic E-state index is 4.73. The lowest BCUT2D eigenvalue weighted by molar-refractivity contribution is 0.813. The molecule has 0 radical (unpaired) electrons. The van der Waals surface area contributed by atoms with E-state index in [9.17, 15) is 0 Å². The third-order valence-electron chi connectivity index (χ3n) is 0.913. The highest BCUT2D eigenvalue weighted by Crippen LogP contribution is 2.17. The molecule has 1 N–H and O–H groups in total. The summed E-state index contributed by atoms with van der Waals surface area (Å²) in [6, 6.07) is 0. The molecule has 0 aliphatic carbocycles. The van der Waals surface area contributed by atoms with E-state index in [1.165, 1.54) is 27.5 Å². The second kappa shape index (κ2) is 3.29. The topological polar surface area (TPSA) is 72.3 Å². The second-order valence-electron chi connectivity index (χ2n) is 1.68. The molecule has 0 amide bonds. The first-order valence-electron chi connectivity index (χ1n) is 2.81. The number of aromatic nitrogens is 6. The van der Waals surface area contributed by atoms with E-state index in [1.54, 1.807) is 5.51 Å². The lowest BCUT2D eigenvalue weighted by Gasteiger charge is -1.89. The molecule has 0 bridgehead atoms. The van der Waals surface area contributed by atoms with Gasteiger partial charge >= 0.3 is 0 Å². The van der Waals surface area contributed by atoms with Gasteiger partial charge in [0.05, 0.1) is 11.9 Å². The van der Waals surface area contributed by atoms with Crippen molar-refractivity contribution in [3.8, 4) is 0 Å². The van der Waals surface area contributed by atoms with Crippen LogP contribution in [0.2, 0.25) is 0 Å². The van der Waals surface area contributed by atoms with Crippen LogP contribution >= 0.6 is 35.5 Å². The van der Waals surface area contributed by atoms with E-state index in [4.69, 9.17) is 12.2 Å². The van der Waals surface area contributed by atoms with Gasteiger partial charge in [-0.15, -0.1) is 14.4 Å². The van der Waals surface area contributed by atoms with Gasteiger partial charge in [-0.05, 0) is 17.4 Å². The molecular formula is C3H2N6S3. The average Bonchev–Trinajstić information content (AvgIpc) is 2.63. The van der Waals surface area contributed by atoms with Gasteiger partial charge in [0.25, 0.3) is 0 Å². The lowest BCUT2D eigenvalue weighted by Crippen LogP contribution is -1.91.